The summed E-state index contributed by atoms with van der Waals surface area (Å²) in [5, 5.41) is 0. The molecule has 0 saturated carbocycles. The molecule has 0 bridgehead atoms. The molecule has 0 amide bonds. The zero-order chi connectivity index (χ0) is 11.1. The van der Waals surface area contributed by atoms with Crippen LogP contribution in [0, 0.1) is 0 Å². The van der Waals surface area contributed by atoms with Gasteiger partial charge in [-0.1, -0.05) is 44.0 Å². The fourth-order valence-corrected chi connectivity index (χ4v) is 1.76. The fraction of sp³-hybridized carbons (Fsp3) is 0.538. The van der Waals surface area contributed by atoms with Crippen LogP contribution in [0.4, 0.5) is 0 Å². The average molecular weight is 206 g/mol. The van der Waals surface area contributed by atoms with Crippen LogP contribution in [-0.2, 0) is 12.8 Å². The number of benzene rings is 1. The molecule has 1 aromatic rings. The number of hydrogen-bond donors (Lipinski definition) is 2. The van der Waals surface area contributed by atoms with Crippen molar-refractivity contribution >= 4 is 0 Å². The van der Waals surface area contributed by atoms with Gasteiger partial charge in [-0.05, 0) is 24.0 Å². The molecular weight excluding hydrogens is 184 g/mol. The molecule has 1 rings (SSSR count). The minimum atomic E-state index is -0.240. The van der Waals surface area contributed by atoms with E-state index in [1.807, 2.05) is 0 Å². The molecule has 1 aromatic carbocycles. The molecule has 84 valence electrons. The maximum absolute atomic E-state index is 5.57. The first-order valence-electron chi connectivity index (χ1n) is 5.81. The maximum Gasteiger partial charge on any atom is 0.0562 e. The van der Waals surface area contributed by atoms with Crippen LogP contribution in [0.25, 0.3) is 0 Å². The first kappa shape index (κ1) is 12.2. The van der Waals surface area contributed by atoms with Crippen LogP contribution in [0.5, 0.6) is 0 Å². The van der Waals surface area contributed by atoms with Crippen molar-refractivity contribution in [2.75, 3.05) is 0 Å². The summed E-state index contributed by atoms with van der Waals surface area (Å²) in [5.74, 6) is 0. The molecule has 0 aliphatic rings. The van der Waals surface area contributed by atoms with E-state index >= 15 is 0 Å². The minimum absolute atomic E-state index is 0.240. The summed E-state index contributed by atoms with van der Waals surface area (Å²) in [6.45, 7) is 2.23. The quantitative estimate of drug-likeness (QED) is 0.554. The van der Waals surface area contributed by atoms with Gasteiger partial charge >= 0.3 is 0 Å². The molecule has 0 atom stereocenters. The second-order valence-electron chi connectivity index (χ2n) is 4.15. The van der Waals surface area contributed by atoms with Crippen LogP contribution in [0.2, 0.25) is 0 Å². The lowest BCUT2D eigenvalue weighted by Gasteiger charge is -2.07. The van der Waals surface area contributed by atoms with Gasteiger partial charge in [0, 0.05) is 6.42 Å². The van der Waals surface area contributed by atoms with E-state index in [1.165, 1.54) is 36.8 Å². The van der Waals surface area contributed by atoms with Crippen molar-refractivity contribution in [3.63, 3.8) is 0 Å². The summed E-state index contributed by atoms with van der Waals surface area (Å²) in [6, 6.07) is 8.60. The molecular formula is C13H22N2. The van der Waals surface area contributed by atoms with Crippen LogP contribution in [0.3, 0.4) is 0 Å². The molecule has 0 spiro atoms. The Morgan fingerprint density at radius 2 is 1.87 bits per heavy atom. The Labute approximate surface area is 92.7 Å². The molecule has 0 radical (unpaired) electrons. The number of hydrogen-bond acceptors (Lipinski definition) is 2. The zero-order valence-corrected chi connectivity index (χ0v) is 9.58. The highest BCUT2D eigenvalue weighted by Gasteiger charge is 1.99. The summed E-state index contributed by atoms with van der Waals surface area (Å²) in [7, 11) is 0. The van der Waals surface area contributed by atoms with Gasteiger partial charge in [-0.25, -0.2) is 0 Å². The Balaban J connectivity index is 2.50. The van der Waals surface area contributed by atoms with E-state index in [2.05, 4.69) is 31.2 Å². The summed E-state index contributed by atoms with van der Waals surface area (Å²) in [5.41, 5.74) is 13.8. The molecule has 15 heavy (non-hydrogen) atoms. The molecule has 2 nitrogen and oxygen atoms in total. The second-order valence-corrected chi connectivity index (χ2v) is 4.15. The minimum Gasteiger partial charge on any atom is -0.316 e. The first-order chi connectivity index (χ1) is 7.22. The highest BCUT2D eigenvalue weighted by molar-refractivity contribution is 5.24. The van der Waals surface area contributed by atoms with Gasteiger partial charge in [0.15, 0.2) is 0 Å². The van der Waals surface area contributed by atoms with Gasteiger partial charge in [0.05, 0.1) is 6.17 Å². The smallest absolute Gasteiger partial charge is 0.0562 e. The molecule has 0 aliphatic carbocycles. The summed E-state index contributed by atoms with van der Waals surface area (Å²) >= 11 is 0. The normalized spacial score (nSPS) is 10.9. The van der Waals surface area contributed by atoms with Gasteiger partial charge in [-0.2, -0.15) is 0 Å². The second kappa shape index (κ2) is 6.59. The van der Waals surface area contributed by atoms with Crippen LogP contribution < -0.4 is 11.5 Å². The molecule has 0 heterocycles. The molecule has 2 heteroatoms. The lowest BCUT2D eigenvalue weighted by Crippen LogP contribution is -2.32. The van der Waals surface area contributed by atoms with Crippen molar-refractivity contribution < 1.29 is 0 Å². The van der Waals surface area contributed by atoms with E-state index in [0.29, 0.717) is 0 Å². The molecule has 0 aromatic heterocycles. The number of rotatable bonds is 6. The third-order valence-electron chi connectivity index (χ3n) is 2.53. The van der Waals surface area contributed by atoms with Crippen molar-refractivity contribution in [2.24, 2.45) is 11.5 Å². The topological polar surface area (TPSA) is 52.0 Å². The first-order valence-corrected chi connectivity index (χ1v) is 5.81. The Bertz CT molecular complexity index is 282. The van der Waals surface area contributed by atoms with Crippen molar-refractivity contribution in [3.8, 4) is 0 Å². The Kier molecular flexibility index (Phi) is 5.37. The molecule has 0 saturated heterocycles. The predicted molar refractivity (Wildman–Crippen MR) is 65.5 cm³/mol. The predicted octanol–water partition coefficient (Wildman–Crippen LogP) is 2.21. The van der Waals surface area contributed by atoms with Gasteiger partial charge in [0.25, 0.3) is 0 Å². The van der Waals surface area contributed by atoms with E-state index in [-0.39, 0.29) is 6.17 Å². The summed E-state index contributed by atoms with van der Waals surface area (Å²) < 4.78 is 0. The highest BCUT2D eigenvalue weighted by atomic mass is 14.8. The van der Waals surface area contributed by atoms with Gasteiger partial charge in [0.1, 0.15) is 0 Å². The van der Waals surface area contributed by atoms with Gasteiger partial charge < -0.3 is 11.5 Å². The molecule has 4 N–H and O–H groups in total. The summed E-state index contributed by atoms with van der Waals surface area (Å²) in [6.07, 6.45) is 5.54. The number of aryl methyl sites for hydroxylation is 1. The van der Waals surface area contributed by atoms with E-state index in [0.717, 1.165) is 6.42 Å². The Hall–Kier alpha value is -0.860. The van der Waals surface area contributed by atoms with Crippen LogP contribution in [0.15, 0.2) is 24.3 Å². The maximum atomic E-state index is 5.57. The third kappa shape index (κ3) is 4.96. The molecule has 0 aliphatic heterocycles. The van der Waals surface area contributed by atoms with Crippen molar-refractivity contribution in [1.29, 1.82) is 0 Å². The van der Waals surface area contributed by atoms with Crippen LogP contribution >= 0.6 is 0 Å². The zero-order valence-electron chi connectivity index (χ0n) is 9.58. The fourth-order valence-electron chi connectivity index (χ4n) is 1.76. The van der Waals surface area contributed by atoms with Crippen molar-refractivity contribution in [2.45, 2.75) is 45.2 Å². The van der Waals surface area contributed by atoms with E-state index in [9.17, 15) is 0 Å². The number of unbranched alkanes of at least 4 members (excludes halogenated alkanes) is 2. The van der Waals surface area contributed by atoms with E-state index < -0.39 is 0 Å². The van der Waals surface area contributed by atoms with Crippen molar-refractivity contribution in [1.82, 2.24) is 0 Å². The largest absolute Gasteiger partial charge is 0.316 e. The van der Waals surface area contributed by atoms with Crippen LogP contribution in [0.1, 0.15) is 37.3 Å². The van der Waals surface area contributed by atoms with Gasteiger partial charge in [0.2, 0.25) is 0 Å². The average Bonchev–Trinajstić information content (AvgIpc) is 2.18. The standard InChI is InChI=1S/C13H22N2/c1-2-3-4-6-11-7-5-8-12(9-11)10-13(14)15/h5,7-9,13H,2-4,6,10,14-15H2,1H3. The third-order valence-corrected chi connectivity index (χ3v) is 2.53. The Morgan fingerprint density at radius 3 is 2.53 bits per heavy atom. The lowest BCUT2D eigenvalue weighted by atomic mass is 10.0. The van der Waals surface area contributed by atoms with E-state index in [1.54, 1.807) is 0 Å². The number of nitrogens with two attached hydrogens (primary N) is 2. The SMILES string of the molecule is CCCCCc1cccc(CC(N)N)c1. The van der Waals surface area contributed by atoms with Gasteiger partial charge in [-0.15, -0.1) is 0 Å². The lowest BCUT2D eigenvalue weighted by molar-refractivity contribution is 0.698. The van der Waals surface area contributed by atoms with Gasteiger partial charge in [-0.3, -0.25) is 0 Å². The van der Waals surface area contributed by atoms with Crippen molar-refractivity contribution in [3.05, 3.63) is 35.4 Å². The highest BCUT2D eigenvalue weighted by Crippen LogP contribution is 2.10. The summed E-state index contributed by atoms with van der Waals surface area (Å²) in [4.78, 5) is 0. The molecule has 0 fully saturated rings. The molecule has 0 unspecified atom stereocenters. The Morgan fingerprint density at radius 1 is 1.13 bits per heavy atom. The monoisotopic (exact) mass is 206 g/mol. The van der Waals surface area contributed by atoms with Crippen LogP contribution in [-0.4, -0.2) is 6.17 Å². The van der Waals surface area contributed by atoms with E-state index in [4.69, 9.17) is 11.5 Å².